The van der Waals surface area contributed by atoms with Gasteiger partial charge in [-0.05, 0) is 44.9 Å². The molecule has 8 atom stereocenters. The van der Waals surface area contributed by atoms with E-state index in [9.17, 15) is 35.4 Å². The fourth-order valence-electron chi connectivity index (χ4n) is 6.99. The van der Waals surface area contributed by atoms with Crippen molar-refractivity contribution in [3.8, 4) is 0 Å². The molecule has 7 N–H and O–H groups in total. The maximum absolute atomic E-state index is 13.0. The first-order valence-corrected chi connectivity index (χ1v) is 22.1. The van der Waals surface area contributed by atoms with Crippen LogP contribution < -0.4 is 5.32 Å². The molecule has 0 spiro atoms. The predicted molar refractivity (Wildman–Crippen MR) is 218 cm³/mol. The summed E-state index contributed by atoms with van der Waals surface area (Å²) in [5, 5.41) is 65.0. The van der Waals surface area contributed by atoms with E-state index in [0.29, 0.717) is 12.8 Å². The Bertz CT molecular complexity index is 916. The van der Waals surface area contributed by atoms with Crippen molar-refractivity contribution >= 4 is 5.91 Å². The van der Waals surface area contributed by atoms with Gasteiger partial charge in [0.05, 0.1) is 25.4 Å². The average Bonchev–Trinajstić information content (AvgIpc) is 3.17. The summed E-state index contributed by atoms with van der Waals surface area (Å²) < 4.78 is 11.1. The lowest BCUT2D eigenvalue weighted by Gasteiger charge is -2.40. The summed E-state index contributed by atoms with van der Waals surface area (Å²) in [5.74, 6) is -0.267. The molecule has 0 aromatic carbocycles. The quantitative estimate of drug-likeness (QED) is 0.0250. The molecule has 0 aromatic rings. The number of amides is 1. The number of rotatable bonds is 36. The minimum atomic E-state index is -1.61. The van der Waals surface area contributed by atoms with Gasteiger partial charge in [-0.25, -0.2) is 0 Å². The Morgan fingerprint density at radius 1 is 0.648 bits per heavy atom. The molecule has 0 radical (unpaired) electrons. The fraction of sp³-hybridized carbons (Fsp3) is 0.886. The number of carbonyl (C=O) groups excluding carboxylic acids is 1. The van der Waals surface area contributed by atoms with Crippen LogP contribution in [0.3, 0.4) is 0 Å². The standard InChI is InChI=1S/C44H83NO9/c1-3-5-7-9-11-13-15-17-18-19-20-21-23-25-27-29-31-33-39(48)45-36(35-53-44-43(52)42(51)41(50)38(34-46)54-44)40(49)37(47)32-30-28-26-24-22-16-14-12-10-8-6-4-2/h11,13,17-18,36-38,40-44,46-47,49-52H,3-10,12,14-16,19-35H2,1-2H3,(H,45,48)/b13-11-,18-17-/t36-,37+,38+,40-,41-,42-,43+,44-/m0/s1. The highest BCUT2D eigenvalue weighted by molar-refractivity contribution is 5.76. The Morgan fingerprint density at radius 2 is 1.13 bits per heavy atom. The van der Waals surface area contributed by atoms with Gasteiger partial charge in [0, 0.05) is 6.42 Å². The molecule has 10 heteroatoms. The van der Waals surface area contributed by atoms with Crippen molar-refractivity contribution in [3.63, 3.8) is 0 Å². The van der Waals surface area contributed by atoms with Gasteiger partial charge in [0.25, 0.3) is 0 Å². The number of aliphatic hydroxyl groups excluding tert-OH is 6. The van der Waals surface area contributed by atoms with E-state index in [0.717, 1.165) is 57.8 Å². The van der Waals surface area contributed by atoms with Crippen LogP contribution in [0.1, 0.15) is 187 Å². The van der Waals surface area contributed by atoms with Crippen LogP contribution in [0.15, 0.2) is 24.3 Å². The predicted octanol–water partition coefficient (Wildman–Crippen LogP) is 7.69. The number of ether oxygens (including phenoxy) is 2. The van der Waals surface area contributed by atoms with Crippen LogP contribution in [0.2, 0.25) is 0 Å². The SMILES string of the molecule is CCCCC/C=C\C/C=C\CCCCCCCCCC(=O)N[C@@H](CO[C@H]1O[C@H](CO)[C@H](O)[C@H](O)[C@H]1O)[C@H](O)[C@H](O)CCCCCCCCCCCCCC. The van der Waals surface area contributed by atoms with Gasteiger partial charge in [0.15, 0.2) is 6.29 Å². The maximum atomic E-state index is 13.0. The highest BCUT2D eigenvalue weighted by Crippen LogP contribution is 2.23. The van der Waals surface area contributed by atoms with Crippen LogP contribution in [0.5, 0.6) is 0 Å². The first kappa shape index (κ1) is 50.6. The first-order chi connectivity index (χ1) is 26.3. The van der Waals surface area contributed by atoms with E-state index in [2.05, 4.69) is 43.5 Å². The summed E-state index contributed by atoms with van der Waals surface area (Å²) in [6.45, 7) is 3.56. The van der Waals surface area contributed by atoms with E-state index in [4.69, 9.17) is 9.47 Å². The molecule has 0 unspecified atom stereocenters. The van der Waals surface area contributed by atoms with E-state index in [1.165, 1.54) is 96.3 Å². The second kappa shape index (κ2) is 34.8. The van der Waals surface area contributed by atoms with Gasteiger partial charge in [-0.15, -0.1) is 0 Å². The maximum Gasteiger partial charge on any atom is 0.220 e. The van der Waals surface area contributed by atoms with Crippen LogP contribution in [0.4, 0.5) is 0 Å². The van der Waals surface area contributed by atoms with Gasteiger partial charge in [0.2, 0.25) is 5.91 Å². The monoisotopic (exact) mass is 770 g/mol. The summed E-state index contributed by atoms with van der Waals surface area (Å²) >= 11 is 0. The normalized spacial score (nSPS) is 22.3. The molecule has 0 saturated carbocycles. The molecule has 1 aliphatic rings. The second-order valence-electron chi connectivity index (χ2n) is 15.6. The number of hydrogen-bond donors (Lipinski definition) is 7. The summed E-state index contributed by atoms with van der Waals surface area (Å²) in [7, 11) is 0. The third-order valence-electron chi connectivity index (χ3n) is 10.6. The molecule has 1 fully saturated rings. The van der Waals surface area contributed by atoms with Crippen LogP contribution in [-0.2, 0) is 14.3 Å². The molecule has 0 bridgehead atoms. The van der Waals surface area contributed by atoms with E-state index in [1.807, 2.05) is 0 Å². The molecular formula is C44H83NO9. The van der Waals surface area contributed by atoms with E-state index in [1.54, 1.807) is 0 Å². The van der Waals surface area contributed by atoms with E-state index in [-0.39, 0.29) is 18.9 Å². The molecule has 1 heterocycles. The zero-order chi connectivity index (χ0) is 39.7. The Labute approximate surface area is 329 Å². The summed E-state index contributed by atoms with van der Waals surface area (Å²) in [5.41, 5.74) is 0. The van der Waals surface area contributed by atoms with Crippen molar-refractivity contribution in [1.29, 1.82) is 0 Å². The molecule has 10 nitrogen and oxygen atoms in total. The Hall–Kier alpha value is -1.37. The van der Waals surface area contributed by atoms with Gasteiger partial charge >= 0.3 is 0 Å². The highest BCUT2D eigenvalue weighted by atomic mass is 16.7. The first-order valence-electron chi connectivity index (χ1n) is 22.1. The number of carbonyl (C=O) groups is 1. The fourth-order valence-corrected chi connectivity index (χ4v) is 6.99. The van der Waals surface area contributed by atoms with Crippen molar-refractivity contribution in [2.75, 3.05) is 13.2 Å². The zero-order valence-electron chi connectivity index (χ0n) is 34.3. The number of hydrogen-bond acceptors (Lipinski definition) is 9. The Balaban J connectivity index is 2.42. The summed E-state index contributed by atoms with van der Waals surface area (Å²) in [6.07, 6.45) is 28.9. The van der Waals surface area contributed by atoms with Gasteiger partial charge < -0.3 is 45.4 Å². The third-order valence-corrected chi connectivity index (χ3v) is 10.6. The molecule has 318 valence electrons. The second-order valence-corrected chi connectivity index (χ2v) is 15.6. The molecule has 1 amide bonds. The Kier molecular flexibility index (Phi) is 32.7. The van der Waals surface area contributed by atoms with Crippen LogP contribution >= 0.6 is 0 Å². The van der Waals surface area contributed by atoms with Crippen molar-refractivity contribution in [1.82, 2.24) is 5.32 Å². The lowest BCUT2D eigenvalue weighted by atomic mass is 9.98. The third kappa shape index (κ3) is 25.0. The molecule has 0 aliphatic carbocycles. The molecule has 0 aromatic heterocycles. The largest absolute Gasteiger partial charge is 0.394 e. The molecule has 1 rings (SSSR count). The molecule has 54 heavy (non-hydrogen) atoms. The van der Waals surface area contributed by atoms with Crippen LogP contribution in [0.25, 0.3) is 0 Å². The van der Waals surface area contributed by atoms with Gasteiger partial charge in [-0.1, -0.05) is 160 Å². The average molecular weight is 770 g/mol. The minimum absolute atomic E-state index is 0.267. The van der Waals surface area contributed by atoms with Gasteiger partial charge in [-0.3, -0.25) is 4.79 Å². The number of unbranched alkanes of at least 4 members (excludes halogenated alkanes) is 21. The van der Waals surface area contributed by atoms with Crippen molar-refractivity contribution in [2.24, 2.45) is 0 Å². The summed E-state index contributed by atoms with van der Waals surface area (Å²) in [6, 6.07) is -0.993. The van der Waals surface area contributed by atoms with E-state index < -0.39 is 55.6 Å². The van der Waals surface area contributed by atoms with Gasteiger partial charge in [0.1, 0.15) is 30.5 Å². The number of aliphatic hydroxyl groups is 6. The number of nitrogens with one attached hydrogen (secondary N) is 1. The van der Waals surface area contributed by atoms with Crippen LogP contribution in [-0.4, -0.2) is 98.7 Å². The van der Waals surface area contributed by atoms with Crippen molar-refractivity contribution < 1.29 is 44.9 Å². The van der Waals surface area contributed by atoms with Crippen molar-refractivity contribution in [3.05, 3.63) is 24.3 Å². The Morgan fingerprint density at radius 3 is 1.69 bits per heavy atom. The zero-order valence-corrected chi connectivity index (χ0v) is 34.3. The smallest absolute Gasteiger partial charge is 0.220 e. The van der Waals surface area contributed by atoms with Crippen molar-refractivity contribution in [2.45, 2.75) is 236 Å². The number of allylic oxidation sites excluding steroid dienone is 4. The van der Waals surface area contributed by atoms with Gasteiger partial charge in [-0.2, -0.15) is 0 Å². The van der Waals surface area contributed by atoms with Crippen LogP contribution in [0, 0.1) is 0 Å². The lowest BCUT2D eigenvalue weighted by molar-refractivity contribution is -0.303. The van der Waals surface area contributed by atoms with E-state index >= 15 is 0 Å². The molecule has 1 saturated heterocycles. The lowest BCUT2D eigenvalue weighted by Crippen LogP contribution is -2.60. The molecule has 1 aliphatic heterocycles. The summed E-state index contributed by atoms with van der Waals surface area (Å²) in [4.78, 5) is 13.0. The highest BCUT2D eigenvalue weighted by Gasteiger charge is 2.44. The topological polar surface area (TPSA) is 169 Å². The molecular weight excluding hydrogens is 686 g/mol. The minimum Gasteiger partial charge on any atom is -0.394 e.